The lowest BCUT2D eigenvalue weighted by Gasteiger charge is -2.57. The van der Waals surface area contributed by atoms with Gasteiger partial charge in [0.15, 0.2) is 5.60 Å². The van der Waals surface area contributed by atoms with Crippen molar-refractivity contribution in [1.82, 2.24) is 0 Å². The Hall–Kier alpha value is -0.570. The number of carbonyl (C=O) groups excluding carboxylic acids is 1. The van der Waals surface area contributed by atoms with Crippen LogP contribution in [-0.2, 0) is 9.53 Å². The molecule has 0 spiro atoms. The molecule has 3 nitrogen and oxygen atoms in total. The Bertz CT molecular complexity index is 269. The first-order chi connectivity index (χ1) is 7.14. The zero-order valence-corrected chi connectivity index (χ0v) is 9.11. The molecule has 0 heterocycles. The molecule has 0 atom stereocenters. The second kappa shape index (κ2) is 2.97. The number of hydrogen-bond acceptors (Lipinski definition) is 3. The van der Waals surface area contributed by atoms with Gasteiger partial charge in [0.05, 0.1) is 7.11 Å². The summed E-state index contributed by atoms with van der Waals surface area (Å²) in [5, 5.41) is 10.6. The van der Waals surface area contributed by atoms with Crippen LogP contribution in [-0.4, -0.2) is 23.8 Å². The molecule has 4 fully saturated rings. The maximum atomic E-state index is 11.8. The van der Waals surface area contributed by atoms with E-state index in [1.165, 1.54) is 13.5 Å². The highest BCUT2D eigenvalue weighted by Gasteiger charge is 2.60. The van der Waals surface area contributed by atoms with Crippen molar-refractivity contribution in [3.8, 4) is 0 Å². The van der Waals surface area contributed by atoms with Crippen LogP contribution < -0.4 is 0 Å². The summed E-state index contributed by atoms with van der Waals surface area (Å²) in [6, 6.07) is 0. The average molecular weight is 210 g/mol. The van der Waals surface area contributed by atoms with Gasteiger partial charge in [0, 0.05) is 0 Å². The Labute approximate surface area is 89.8 Å². The third-order valence-corrected chi connectivity index (χ3v) is 4.90. The number of aliphatic hydroxyl groups is 1. The lowest BCUT2D eigenvalue weighted by molar-refractivity contribution is -0.206. The molecule has 1 N–H and O–H groups in total. The summed E-state index contributed by atoms with van der Waals surface area (Å²) in [5.74, 6) is 1.47. The van der Waals surface area contributed by atoms with Gasteiger partial charge in [0.1, 0.15) is 0 Å². The first-order valence-electron chi connectivity index (χ1n) is 5.95. The van der Waals surface area contributed by atoms with Gasteiger partial charge in [0.2, 0.25) is 0 Å². The smallest absolute Gasteiger partial charge is 0.338 e. The van der Waals surface area contributed by atoms with E-state index in [4.69, 9.17) is 4.74 Å². The maximum absolute atomic E-state index is 11.8. The normalized spacial score (nSPS) is 51.9. The van der Waals surface area contributed by atoms with E-state index in [9.17, 15) is 9.90 Å². The summed E-state index contributed by atoms with van der Waals surface area (Å²) < 4.78 is 4.79. The van der Waals surface area contributed by atoms with E-state index in [0.717, 1.165) is 37.5 Å². The minimum Gasteiger partial charge on any atom is -0.467 e. The molecule has 0 radical (unpaired) electrons. The molecule has 0 aromatic heterocycles. The highest BCUT2D eigenvalue weighted by atomic mass is 16.5. The van der Waals surface area contributed by atoms with Gasteiger partial charge in [-0.1, -0.05) is 0 Å². The molecule has 4 saturated carbocycles. The Morgan fingerprint density at radius 3 is 2.00 bits per heavy atom. The zero-order valence-electron chi connectivity index (χ0n) is 9.11. The van der Waals surface area contributed by atoms with Gasteiger partial charge < -0.3 is 9.84 Å². The van der Waals surface area contributed by atoms with Crippen molar-refractivity contribution in [2.24, 2.45) is 23.7 Å². The molecule has 4 aliphatic rings. The number of rotatable bonds is 1. The van der Waals surface area contributed by atoms with Crippen molar-refractivity contribution < 1.29 is 14.6 Å². The van der Waals surface area contributed by atoms with Crippen LogP contribution in [0, 0.1) is 23.7 Å². The van der Waals surface area contributed by atoms with Crippen LogP contribution >= 0.6 is 0 Å². The van der Waals surface area contributed by atoms with E-state index in [1.54, 1.807) is 0 Å². The third kappa shape index (κ3) is 1.13. The standard InChI is InChI=1S/C12H18O3/c1-15-11(13)12(14)9-3-7-2-8(5-9)6-10(12)4-7/h7-10,14H,2-6H2,1H3. The van der Waals surface area contributed by atoms with E-state index in [0.29, 0.717) is 0 Å². The van der Waals surface area contributed by atoms with Crippen molar-refractivity contribution in [2.75, 3.05) is 7.11 Å². The van der Waals surface area contributed by atoms with Crippen molar-refractivity contribution in [2.45, 2.75) is 37.7 Å². The number of esters is 1. The molecular formula is C12H18O3. The van der Waals surface area contributed by atoms with Crippen molar-refractivity contribution in [1.29, 1.82) is 0 Å². The van der Waals surface area contributed by atoms with E-state index in [2.05, 4.69) is 0 Å². The minimum atomic E-state index is -1.15. The molecular weight excluding hydrogens is 192 g/mol. The Morgan fingerprint density at radius 2 is 1.60 bits per heavy atom. The van der Waals surface area contributed by atoms with Crippen LogP contribution in [0.2, 0.25) is 0 Å². The van der Waals surface area contributed by atoms with Gasteiger partial charge in [-0.2, -0.15) is 0 Å². The van der Waals surface area contributed by atoms with Crippen LogP contribution in [0.15, 0.2) is 0 Å². The fourth-order valence-electron chi connectivity index (χ4n) is 4.40. The van der Waals surface area contributed by atoms with Gasteiger partial charge in [-0.15, -0.1) is 0 Å². The summed E-state index contributed by atoms with van der Waals surface area (Å²) in [4.78, 5) is 11.8. The molecule has 0 amide bonds. The van der Waals surface area contributed by atoms with Crippen molar-refractivity contribution in [3.63, 3.8) is 0 Å². The van der Waals surface area contributed by atoms with E-state index < -0.39 is 11.6 Å². The quantitative estimate of drug-likeness (QED) is 0.664. The molecule has 3 heteroatoms. The van der Waals surface area contributed by atoms with E-state index >= 15 is 0 Å². The van der Waals surface area contributed by atoms with Crippen LogP contribution in [0.1, 0.15) is 32.1 Å². The molecule has 15 heavy (non-hydrogen) atoms. The molecule has 4 bridgehead atoms. The molecule has 0 saturated heterocycles. The van der Waals surface area contributed by atoms with Crippen LogP contribution in [0.4, 0.5) is 0 Å². The van der Waals surface area contributed by atoms with Gasteiger partial charge >= 0.3 is 5.97 Å². The fourth-order valence-corrected chi connectivity index (χ4v) is 4.40. The van der Waals surface area contributed by atoms with Crippen molar-refractivity contribution >= 4 is 5.97 Å². The first-order valence-corrected chi connectivity index (χ1v) is 5.95. The maximum Gasteiger partial charge on any atom is 0.338 e. The van der Waals surface area contributed by atoms with E-state index in [-0.39, 0.29) is 11.8 Å². The molecule has 0 aliphatic heterocycles. The van der Waals surface area contributed by atoms with Gasteiger partial charge in [-0.05, 0) is 55.8 Å². The molecule has 4 rings (SSSR count). The van der Waals surface area contributed by atoms with Gasteiger partial charge in [-0.3, -0.25) is 0 Å². The molecule has 4 aliphatic carbocycles. The lowest BCUT2D eigenvalue weighted by atomic mass is 9.50. The Morgan fingerprint density at radius 1 is 1.13 bits per heavy atom. The topological polar surface area (TPSA) is 46.5 Å². The Balaban J connectivity index is 1.94. The van der Waals surface area contributed by atoms with Crippen LogP contribution in [0.3, 0.4) is 0 Å². The number of methoxy groups -OCH3 is 1. The van der Waals surface area contributed by atoms with Crippen molar-refractivity contribution in [3.05, 3.63) is 0 Å². The fraction of sp³-hybridized carbons (Fsp3) is 0.917. The molecule has 0 unspecified atom stereocenters. The van der Waals surface area contributed by atoms with E-state index in [1.807, 2.05) is 0 Å². The highest BCUT2D eigenvalue weighted by molar-refractivity contribution is 5.80. The summed E-state index contributed by atoms with van der Waals surface area (Å²) in [5.41, 5.74) is -1.15. The van der Waals surface area contributed by atoms with Gasteiger partial charge in [0.25, 0.3) is 0 Å². The molecule has 84 valence electrons. The summed E-state index contributed by atoms with van der Waals surface area (Å²) in [7, 11) is 1.38. The minimum absolute atomic E-state index is 0.168. The largest absolute Gasteiger partial charge is 0.467 e. The number of hydrogen-bond donors (Lipinski definition) is 1. The monoisotopic (exact) mass is 210 g/mol. The number of carbonyl (C=O) groups is 1. The molecule has 0 aromatic rings. The first kappa shape index (κ1) is 9.64. The average Bonchev–Trinajstić information content (AvgIpc) is 2.23. The third-order valence-electron chi connectivity index (χ3n) is 4.90. The second-order valence-corrected chi connectivity index (χ2v) is 5.62. The van der Waals surface area contributed by atoms with Crippen LogP contribution in [0.25, 0.3) is 0 Å². The summed E-state index contributed by atoms with van der Waals surface area (Å²) in [6.07, 6.45) is 5.43. The summed E-state index contributed by atoms with van der Waals surface area (Å²) in [6.45, 7) is 0. The van der Waals surface area contributed by atoms with Crippen LogP contribution in [0.5, 0.6) is 0 Å². The Kier molecular flexibility index (Phi) is 1.91. The summed E-state index contributed by atoms with van der Waals surface area (Å²) >= 11 is 0. The highest BCUT2D eigenvalue weighted by Crippen LogP contribution is 2.58. The van der Waals surface area contributed by atoms with Gasteiger partial charge in [-0.25, -0.2) is 4.79 Å². The SMILES string of the molecule is COC(=O)C1(O)C2CC3CC(C2)CC1C3. The molecule has 0 aromatic carbocycles. The predicted octanol–water partition coefficient (Wildman–Crippen LogP) is 1.35. The number of ether oxygens (including phenoxy) is 1. The second-order valence-electron chi connectivity index (χ2n) is 5.62. The lowest BCUT2D eigenvalue weighted by Crippen LogP contribution is -2.62. The predicted molar refractivity (Wildman–Crippen MR) is 54.0 cm³/mol. The zero-order chi connectivity index (χ0) is 10.6.